The molecule has 0 radical (unpaired) electrons. The molecule has 3 N–H and O–H groups in total. The fourth-order valence-corrected chi connectivity index (χ4v) is 4.15. The van der Waals surface area contributed by atoms with Gasteiger partial charge in [0.15, 0.2) is 5.96 Å². The first-order valence-corrected chi connectivity index (χ1v) is 9.14. The number of halogens is 1. The van der Waals surface area contributed by atoms with Crippen LogP contribution in [0.15, 0.2) is 4.99 Å². The van der Waals surface area contributed by atoms with Gasteiger partial charge in [-0.3, -0.25) is 9.89 Å². The Bertz CT molecular complexity index is 324. The second-order valence-electron chi connectivity index (χ2n) is 6.51. The summed E-state index contributed by atoms with van der Waals surface area (Å²) in [4.78, 5) is 7.35. The van der Waals surface area contributed by atoms with E-state index in [2.05, 4.69) is 40.8 Å². The molecule has 0 aromatic carbocycles. The smallest absolute Gasteiger partial charge is 0.188 e. The van der Waals surface area contributed by atoms with E-state index >= 15 is 0 Å². The predicted molar refractivity (Wildman–Crippen MR) is 105 cm³/mol. The SMILES string of the molecule is CC(C)CNC(N)=NCC1(N2CCSCC2)CCCC1.I. The molecule has 0 amide bonds. The number of hydrogen-bond donors (Lipinski definition) is 2. The van der Waals surface area contributed by atoms with Crippen LogP contribution in [0.25, 0.3) is 0 Å². The van der Waals surface area contributed by atoms with Crippen LogP contribution in [0.1, 0.15) is 39.5 Å². The Morgan fingerprint density at radius 2 is 1.90 bits per heavy atom. The summed E-state index contributed by atoms with van der Waals surface area (Å²) in [6, 6.07) is 0. The fourth-order valence-electron chi connectivity index (χ4n) is 3.24. The Hall–Kier alpha value is 0.310. The van der Waals surface area contributed by atoms with E-state index in [1.165, 1.54) is 50.3 Å². The van der Waals surface area contributed by atoms with Crippen LogP contribution in [0.2, 0.25) is 0 Å². The number of rotatable bonds is 5. The zero-order chi connectivity index (χ0) is 14.4. The summed E-state index contributed by atoms with van der Waals surface area (Å²) in [5, 5.41) is 3.23. The molecule has 4 nitrogen and oxygen atoms in total. The molecule has 1 heterocycles. The van der Waals surface area contributed by atoms with Crippen LogP contribution in [-0.4, -0.2) is 54.1 Å². The van der Waals surface area contributed by atoms with Gasteiger partial charge < -0.3 is 11.1 Å². The van der Waals surface area contributed by atoms with Crippen molar-refractivity contribution in [3.8, 4) is 0 Å². The first-order valence-electron chi connectivity index (χ1n) is 7.99. The largest absolute Gasteiger partial charge is 0.370 e. The average Bonchev–Trinajstić information content (AvgIpc) is 2.94. The number of nitrogens with zero attached hydrogens (tertiary/aromatic N) is 2. The minimum Gasteiger partial charge on any atom is -0.370 e. The molecule has 0 atom stereocenters. The summed E-state index contributed by atoms with van der Waals surface area (Å²) in [5.74, 6) is 3.76. The second kappa shape index (κ2) is 9.45. The topological polar surface area (TPSA) is 53.6 Å². The molecule has 6 heteroatoms. The van der Waals surface area contributed by atoms with E-state index in [0.717, 1.165) is 13.1 Å². The summed E-state index contributed by atoms with van der Waals surface area (Å²) in [6.45, 7) is 8.59. The van der Waals surface area contributed by atoms with Crippen molar-refractivity contribution < 1.29 is 0 Å². The molecule has 1 aliphatic carbocycles. The van der Waals surface area contributed by atoms with Gasteiger partial charge in [0, 0.05) is 36.7 Å². The van der Waals surface area contributed by atoms with Crippen LogP contribution in [0.5, 0.6) is 0 Å². The van der Waals surface area contributed by atoms with Gasteiger partial charge in [-0.1, -0.05) is 26.7 Å². The summed E-state index contributed by atoms with van der Waals surface area (Å²) in [5.41, 5.74) is 6.30. The molecule has 124 valence electrons. The highest BCUT2D eigenvalue weighted by Crippen LogP contribution is 2.36. The maximum absolute atomic E-state index is 6.00. The van der Waals surface area contributed by atoms with Crippen molar-refractivity contribution in [2.24, 2.45) is 16.6 Å². The van der Waals surface area contributed by atoms with Crippen LogP contribution in [0, 0.1) is 5.92 Å². The van der Waals surface area contributed by atoms with Gasteiger partial charge in [0.05, 0.1) is 6.54 Å². The lowest BCUT2D eigenvalue weighted by atomic mass is 9.95. The molecule has 0 spiro atoms. The van der Waals surface area contributed by atoms with Crippen molar-refractivity contribution in [1.29, 1.82) is 0 Å². The van der Waals surface area contributed by atoms with Crippen LogP contribution in [0.4, 0.5) is 0 Å². The van der Waals surface area contributed by atoms with Gasteiger partial charge in [-0.15, -0.1) is 24.0 Å². The van der Waals surface area contributed by atoms with Crippen molar-refractivity contribution in [2.45, 2.75) is 45.1 Å². The van der Waals surface area contributed by atoms with Gasteiger partial charge in [-0.2, -0.15) is 11.8 Å². The molecule has 1 saturated heterocycles. The standard InChI is InChI=1S/C15H30N4S.HI/c1-13(2)11-17-14(16)18-12-15(5-3-4-6-15)19-7-9-20-10-8-19;/h13H,3-12H2,1-2H3,(H3,16,17,18);1H. The Morgan fingerprint density at radius 3 is 2.48 bits per heavy atom. The Morgan fingerprint density at radius 1 is 1.29 bits per heavy atom. The Kier molecular flexibility index (Phi) is 8.71. The highest BCUT2D eigenvalue weighted by atomic mass is 127. The lowest BCUT2D eigenvalue weighted by Gasteiger charge is -2.42. The molecule has 2 fully saturated rings. The van der Waals surface area contributed by atoms with Crippen LogP contribution < -0.4 is 11.1 Å². The molecular formula is C15H31IN4S. The minimum absolute atomic E-state index is 0. The lowest BCUT2D eigenvalue weighted by molar-refractivity contribution is 0.112. The second-order valence-corrected chi connectivity index (χ2v) is 7.73. The monoisotopic (exact) mass is 426 g/mol. The van der Waals surface area contributed by atoms with Crippen LogP contribution in [-0.2, 0) is 0 Å². The molecule has 2 aliphatic rings. The van der Waals surface area contributed by atoms with E-state index in [1.54, 1.807) is 0 Å². The Labute approximate surface area is 151 Å². The summed E-state index contributed by atoms with van der Waals surface area (Å²) in [6.07, 6.45) is 5.27. The molecular weight excluding hydrogens is 395 g/mol. The van der Waals surface area contributed by atoms with E-state index in [4.69, 9.17) is 5.73 Å². The molecule has 0 bridgehead atoms. The van der Waals surface area contributed by atoms with Gasteiger partial charge in [0.1, 0.15) is 0 Å². The number of hydrogen-bond acceptors (Lipinski definition) is 3. The van der Waals surface area contributed by atoms with Crippen molar-refractivity contribution in [3.05, 3.63) is 0 Å². The number of guanidine groups is 1. The lowest BCUT2D eigenvalue weighted by Crippen LogP contribution is -2.53. The average molecular weight is 426 g/mol. The van der Waals surface area contributed by atoms with Crippen molar-refractivity contribution in [1.82, 2.24) is 10.2 Å². The molecule has 1 saturated carbocycles. The summed E-state index contributed by atoms with van der Waals surface area (Å²) in [7, 11) is 0. The number of thioether (sulfide) groups is 1. The third kappa shape index (κ3) is 5.78. The van der Waals surface area contributed by atoms with Crippen LogP contribution >= 0.6 is 35.7 Å². The van der Waals surface area contributed by atoms with Crippen molar-refractivity contribution in [3.63, 3.8) is 0 Å². The number of nitrogens with two attached hydrogens (primary N) is 1. The molecule has 0 aromatic rings. The molecule has 0 aromatic heterocycles. The highest BCUT2D eigenvalue weighted by Gasteiger charge is 2.39. The summed E-state index contributed by atoms with van der Waals surface area (Å²) >= 11 is 2.08. The third-order valence-corrected chi connectivity index (χ3v) is 5.39. The van der Waals surface area contributed by atoms with Crippen LogP contribution in [0.3, 0.4) is 0 Å². The maximum Gasteiger partial charge on any atom is 0.188 e. The molecule has 2 rings (SSSR count). The normalized spacial score (nSPS) is 23.1. The fraction of sp³-hybridized carbons (Fsp3) is 0.933. The summed E-state index contributed by atoms with van der Waals surface area (Å²) < 4.78 is 0. The van der Waals surface area contributed by atoms with Crippen molar-refractivity contribution >= 4 is 41.7 Å². The zero-order valence-electron chi connectivity index (χ0n) is 13.4. The van der Waals surface area contributed by atoms with E-state index in [0.29, 0.717) is 17.4 Å². The first kappa shape index (κ1) is 19.4. The van der Waals surface area contributed by atoms with Gasteiger partial charge in [0.2, 0.25) is 0 Å². The number of nitrogens with one attached hydrogen (secondary N) is 1. The molecule has 21 heavy (non-hydrogen) atoms. The van der Waals surface area contributed by atoms with E-state index in [1.807, 2.05) is 0 Å². The molecule has 1 aliphatic heterocycles. The third-order valence-electron chi connectivity index (χ3n) is 4.45. The zero-order valence-corrected chi connectivity index (χ0v) is 16.6. The maximum atomic E-state index is 6.00. The highest BCUT2D eigenvalue weighted by molar-refractivity contribution is 14.0. The van der Waals surface area contributed by atoms with Gasteiger partial charge in [0.25, 0.3) is 0 Å². The van der Waals surface area contributed by atoms with E-state index in [-0.39, 0.29) is 24.0 Å². The van der Waals surface area contributed by atoms with Gasteiger partial charge >= 0.3 is 0 Å². The quantitative estimate of drug-likeness (QED) is 0.403. The minimum atomic E-state index is 0. The van der Waals surface area contributed by atoms with E-state index in [9.17, 15) is 0 Å². The predicted octanol–water partition coefficient (Wildman–Crippen LogP) is 2.53. The van der Waals surface area contributed by atoms with Crippen molar-refractivity contribution in [2.75, 3.05) is 37.7 Å². The van der Waals surface area contributed by atoms with Gasteiger partial charge in [-0.25, -0.2) is 0 Å². The molecule has 0 unspecified atom stereocenters. The Balaban J connectivity index is 0.00000220. The van der Waals surface area contributed by atoms with Gasteiger partial charge in [-0.05, 0) is 18.8 Å². The van der Waals surface area contributed by atoms with E-state index < -0.39 is 0 Å². The number of aliphatic imine (C=N–C) groups is 1. The first-order chi connectivity index (χ1) is 9.62.